The molecule has 5 heteroatoms. The molecule has 2 heterocycles. The Morgan fingerprint density at radius 2 is 2.00 bits per heavy atom. The van der Waals surface area contributed by atoms with Gasteiger partial charge in [0.05, 0.1) is 10.8 Å². The lowest BCUT2D eigenvalue weighted by atomic mass is 10.1. The van der Waals surface area contributed by atoms with Gasteiger partial charge in [-0.3, -0.25) is 9.00 Å². The molecule has 22 heavy (non-hydrogen) atoms. The first-order chi connectivity index (χ1) is 10.4. The monoisotopic (exact) mass is 322 g/mol. The summed E-state index contributed by atoms with van der Waals surface area (Å²) in [4.78, 5) is 14.9. The number of hydrogen-bond acceptors (Lipinski definition) is 2. The zero-order valence-corrected chi connectivity index (χ0v) is 14.8. The molecule has 0 aromatic carbocycles. The molecule has 2 aliphatic rings. The van der Waals surface area contributed by atoms with Gasteiger partial charge in [-0.05, 0) is 52.5 Å². The SMILES string of the molecule is Cc1cc(C(=O)N2CC[S@@](=O)[C@@H](C)[C@H]2C)c(C)n1CC1CC1. The third kappa shape index (κ3) is 2.75. The molecular weight excluding hydrogens is 296 g/mol. The highest BCUT2D eigenvalue weighted by atomic mass is 32.2. The number of carbonyl (C=O) groups is 1. The average Bonchev–Trinajstić information content (AvgIpc) is 3.26. The maximum Gasteiger partial charge on any atom is 0.255 e. The number of hydrogen-bond donors (Lipinski definition) is 0. The van der Waals surface area contributed by atoms with Gasteiger partial charge in [0.15, 0.2) is 0 Å². The fourth-order valence-corrected chi connectivity index (χ4v) is 4.68. The van der Waals surface area contributed by atoms with Crippen molar-refractivity contribution >= 4 is 16.7 Å². The van der Waals surface area contributed by atoms with Crippen LogP contribution < -0.4 is 0 Å². The van der Waals surface area contributed by atoms with Crippen molar-refractivity contribution in [3.05, 3.63) is 23.0 Å². The molecule has 0 N–H and O–H groups in total. The summed E-state index contributed by atoms with van der Waals surface area (Å²) in [7, 11) is -0.812. The summed E-state index contributed by atoms with van der Waals surface area (Å²) < 4.78 is 14.2. The summed E-state index contributed by atoms with van der Waals surface area (Å²) in [6.45, 7) is 9.78. The van der Waals surface area contributed by atoms with E-state index >= 15 is 0 Å². The fraction of sp³-hybridized carbons (Fsp3) is 0.706. The molecule has 1 saturated heterocycles. The van der Waals surface area contributed by atoms with Gasteiger partial charge in [-0.25, -0.2) is 0 Å². The lowest BCUT2D eigenvalue weighted by molar-refractivity contribution is 0.0694. The molecule has 4 nitrogen and oxygen atoms in total. The van der Waals surface area contributed by atoms with E-state index < -0.39 is 10.8 Å². The van der Waals surface area contributed by atoms with Crippen molar-refractivity contribution in [2.45, 2.75) is 58.4 Å². The van der Waals surface area contributed by atoms with Gasteiger partial charge in [0.2, 0.25) is 0 Å². The van der Waals surface area contributed by atoms with Crippen molar-refractivity contribution in [1.29, 1.82) is 0 Å². The highest BCUT2D eigenvalue weighted by Gasteiger charge is 2.34. The number of nitrogens with zero attached hydrogens (tertiary/aromatic N) is 2. The third-order valence-electron chi connectivity index (χ3n) is 5.32. The summed E-state index contributed by atoms with van der Waals surface area (Å²) in [5.74, 6) is 1.49. The maximum atomic E-state index is 13.0. The molecule has 1 aliphatic carbocycles. The minimum Gasteiger partial charge on any atom is -0.348 e. The van der Waals surface area contributed by atoms with Gasteiger partial charge in [-0.2, -0.15) is 0 Å². The van der Waals surface area contributed by atoms with Crippen LogP contribution in [0.5, 0.6) is 0 Å². The van der Waals surface area contributed by atoms with Gasteiger partial charge < -0.3 is 9.47 Å². The van der Waals surface area contributed by atoms with E-state index in [1.807, 2.05) is 24.8 Å². The molecule has 1 saturated carbocycles. The second-order valence-electron chi connectivity index (χ2n) is 6.87. The minimum atomic E-state index is -0.812. The van der Waals surface area contributed by atoms with Crippen LogP contribution in [0.15, 0.2) is 6.07 Å². The molecule has 3 rings (SSSR count). The van der Waals surface area contributed by atoms with E-state index in [0.717, 1.165) is 23.7 Å². The summed E-state index contributed by atoms with van der Waals surface area (Å²) in [5, 5.41) is 0.0488. The van der Waals surface area contributed by atoms with E-state index in [1.165, 1.54) is 18.5 Å². The van der Waals surface area contributed by atoms with Gasteiger partial charge in [0.25, 0.3) is 5.91 Å². The van der Waals surface area contributed by atoms with E-state index in [9.17, 15) is 9.00 Å². The maximum absolute atomic E-state index is 13.0. The molecule has 3 atom stereocenters. The van der Waals surface area contributed by atoms with Crippen LogP contribution in [0, 0.1) is 19.8 Å². The first-order valence-corrected chi connectivity index (χ1v) is 9.63. The van der Waals surface area contributed by atoms with Crippen molar-refractivity contribution in [2.24, 2.45) is 5.92 Å². The Morgan fingerprint density at radius 3 is 2.64 bits per heavy atom. The van der Waals surface area contributed by atoms with Crippen LogP contribution in [0.4, 0.5) is 0 Å². The van der Waals surface area contributed by atoms with Gasteiger partial charge in [0.1, 0.15) is 0 Å². The minimum absolute atomic E-state index is 0.0357. The Labute approximate surface area is 135 Å². The van der Waals surface area contributed by atoms with Gasteiger partial charge in [-0.15, -0.1) is 0 Å². The van der Waals surface area contributed by atoms with Crippen molar-refractivity contribution < 1.29 is 9.00 Å². The highest BCUT2D eigenvalue weighted by Crippen LogP contribution is 2.32. The normalized spacial score (nSPS) is 28.9. The van der Waals surface area contributed by atoms with E-state index in [2.05, 4.69) is 18.4 Å². The molecule has 1 aromatic heterocycles. The van der Waals surface area contributed by atoms with Crippen molar-refractivity contribution in [1.82, 2.24) is 9.47 Å². The number of aromatic nitrogens is 1. The molecular formula is C17H26N2O2S. The molecule has 122 valence electrons. The van der Waals surface area contributed by atoms with Crippen molar-refractivity contribution in [3.8, 4) is 0 Å². The summed E-state index contributed by atoms with van der Waals surface area (Å²) in [6.07, 6.45) is 2.62. The van der Waals surface area contributed by atoms with E-state index in [-0.39, 0.29) is 17.2 Å². The molecule has 2 fully saturated rings. The molecule has 0 spiro atoms. The second kappa shape index (κ2) is 5.84. The largest absolute Gasteiger partial charge is 0.348 e. The third-order valence-corrected chi connectivity index (χ3v) is 7.13. The van der Waals surface area contributed by atoms with Gasteiger partial charge >= 0.3 is 0 Å². The summed E-state index contributed by atoms with van der Waals surface area (Å²) in [6, 6.07) is 2.07. The Hall–Kier alpha value is -1.10. The van der Waals surface area contributed by atoms with Crippen LogP contribution in [0.2, 0.25) is 0 Å². The molecule has 1 aromatic rings. The predicted molar refractivity (Wildman–Crippen MR) is 89.6 cm³/mol. The first-order valence-electron chi connectivity index (χ1n) is 8.25. The molecule has 0 bridgehead atoms. The van der Waals surface area contributed by atoms with Crippen LogP contribution in [0.1, 0.15) is 48.4 Å². The molecule has 1 amide bonds. The second-order valence-corrected chi connectivity index (χ2v) is 8.78. The topological polar surface area (TPSA) is 42.3 Å². The Morgan fingerprint density at radius 1 is 1.32 bits per heavy atom. The quantitative estimate of drug-likeness (QED) is 0.858. The lowest BCUT2D eigenvalue weighted by Gasteiger charge is -2.37. The standard InChI is InChI=1S/C17H26N2O2S/c1-11-9-16(13(3)19(11)10-15-5-6-15)17(20)18-7-8-22(21)14(4)12(18)2/h9,12,14-15H,5-8,10H2,1-4H3/t12-,14+,22-/m1/s1. The van der Waals surface area contributed by atoms with E-state index in [0.29, 0.717) is 12.3 Å². The molecule has 1 aliphatic heterocycles. The number of amides is 1. The fourth-order valence-electron chi connectivity index (χ4n) is 3.35. The summed E-state index contributed by atoms with van der Waals surface area (Å²) in [5.41, 5.74) is 3.08. The molecule has 0 unspecified atom stereocenters. The smallest absolute Gasteiger partial charge is 0.255 e. The average molecular weight is 322 g/mol. The summed E-state index contributed by atoms with van der Waals surface area (Å²) >= 11 is 0. The van der Waals surface area contributed by atoms with E-state index in [4.69, 9.17) is 0 Å². The van der Waals surface area contributed by atoms with Gasteiger partial charge in [0, 0.05) is 47.1 Å². The van der Waals surface area contributed by atoms with Crippen LogP contribution in [0.25, 0.3) is 0 Å². The predicted octanol–water partition coefficient (Wildman–Crippen LogP) is 2.50. The van der Waals surface area contributed by atoms with Crippen LogP contribution >= 0.6 is 0 Å². The zero-order chi connectivity index (χ0) is 16.0. The first kappa shape index (κ1) is 15.8. The number of rotatable bonds is 3. The van der Waals surface area contributed by atoms with Gasteiger partial charge in [-0.1, -0.05) is 0 Å². The van der Waals surface area contributed by atoms with Crippen LogP contribution in [-0.4, -0.2) is 43.2 Å². The number of aryl methyl sites for hydroxylation is 1. The van der Waals surface area contributed by atoms with Crippen LogP contribution in [0.3, 0.4) is 0 Å². The lowest BCUT2D eigenvalue weighted by Crippen LogP contribution is -2.52. The highest BCUT2D eigenvalue weighted by molar-refractivity contribution is 7.85. The number of carbonyl (C=O) groups excluding carboxylic acids is 1. The Bertz CT molecular complexity index is 618. The van der Waals surface area contributed by atoms with Crippen LogP contribution in [-0.2, 0) is 17.3 Å². The van der Waals surface area contributed by atoms with E-state index in [1.54, 1.807) is 0 Å². The Kier molecular flexibility index (Phi) is 4.19. The zero-order valence-electron chi connectivity index (χ0n) is 14.0. The van der Waals surface area contributed by atoms with Crippen molar-refractivity contribution in [2.75, 3.05) is 12.3 Å². The van der Waals surface area contributed by atoms with Crippen molar-refractivity contribution in [3.63, 3.8) is 0 Å². The Balaban J connectivity index is 1.84. The molecule has 0 radical (unpaired) electrons.